The van der Waals surface area contributed by atoms with E-state index in [1.807, 2.05) is 24.3 Å². The number of aliphatic hydroxyl groups excluding tert-OH is 1. The Labute approximate surface area is 109 Å². The maximum Gasteiger partial charge on any atom is 0.540 e. The summed E-state index contributed by atoms with van der Waals surface area (Å²) in [6, 6.07) is 7.46. The average Bonchev–Trinajstić information content (AvgIpc) is 2.37. The van der Waals surface area contributed by atoms with Gasteiger partial charge >= 0.3 is 8.03 Å². The number of benzene rings is 1. The lowest BCUT2D eigenvalue weighted by Gasteiger charge is -2.05. The van der Waals surface area contributed by atoms with Crippen molar-refractivity contribution in [1.29, 1.82) is 0 Å². The maximum absolute atomic E-state index is 11.2. The molecule has 0 fully saturated rings. The molecule has 2 unspecified atom stereocenters. The van der Waals surface area contributed by atoms with Crippen LogP contribution in [-0.4, -0.2) is 17.6 Å². The Morgan fingerprint density at radius 1 is 1.33 bits per heavy atom. The zero-order valence-corrected chi connectivity index (χ0v) is 11.7. The summed E-state index contributed by atoms with van der Waals surface area (Å²) in [5.41, 5.74) is 0.904. The minimum atomic E-state index is -2.01. The van der Waals surface area contributed by atoms with Gasteiger partial charge in [0.1, 0.15) is 12.4 Å². The first kappa shape index (κ1) is 15.1. The fourth-order valence-electron chi connectivity index (χ4n) is 1.26. The molecule has 100 valence electrons. The van der Waals surface area contributed by atoms with Crippen molar-refractivity contribution in [3.63, 3.8) is 0 Å². The molecule has 1 rings (SSSR count). The number of hydrogen-bond acceptors (Lipinski definition) is 4. The molecule has 18 heavy (non-hydrogen) atoms. The van der Waals surface area contributed by atoms with Gasteiger partial charge < -0.3 is 9.84 Å². The van der Waals surface area contributed by atoms with Gasteiger partial charge in [0.05, 0.1) is 6.61 Å². The topological polar surface area (TPSA) is 55.8 Å². The van der Waals surface area contributed by atoms with Gasteiger partial charge in [0.25, 0.3) is 5.85 Å². The fraction of sp³-hybridized carbons (Fsp3) is 0.538. The lowest BCUT2D eigenvalue weighted by molar-refractivity contribution is 0.228. The first-order valence-corrected chi connectivity index (χ1v) is 7.37. The molecule has 2 atom stereocenters. The SMILES string of the molecule is CCCCOc1ccc(CO[P+](=O)C(C)O)cc1. The van der Waals surface area contributed by atoms with Gasteiger partial charge in [0, 0.05) is 6.92 Å². The number of hydrogen-bond donors (Lipinski definition) is 1. The molecular weight excluding hydrogens is 251 g/mol. The summed E-state index contributed by atoms with van der Waals surface area (Å²) in [6.45, 7) is 4.52. The van der Waals surface area contributed by atoms with Crippen LogP contribution in [0.4, 0.5) is 0 Å². The largest absolute Gasteiger partial charge is 0.540 e. The molecule has 0 aromatic heterocycles. The van der Waals surface area contributed by atoms with Crippen LogP contribution in [-0.2, 0) is 15.7 Å². The third kappa shape index (κ3) is 5.58. The summed E-state index contributed by atoms with van der Waals surface area (Å²) >= 11 is 0. The molecule has 1 aromatic rings. The lowest BCUT2D eigenvalue weighted by atomic mass is 10.2. The minimum absolute atomic E-state index is 0.231. The smallest absolute Gasteiger partial charge is 0.494 e. The van der Waals surface area contributed by atoms with Crippen LogP contribution < -0.4 is 4.74 Å². The Morgan fingerprint density at radius 3 is 2.56 bits per heavy atom. The van der Waals surface area contributed by atoms with E-state index in [0.717, 1.165) is 30.8 Å². The third-order valence-corrected chi connectivity index (χ3v) is 3.35. The van der Waals surface area contributed by atoms with Crippen LogP contribution in [0.1, 0.15) is 32.3 Å². The summed E-state index contributed by atoms with van der Waals surface area (Å²) < 4.78 is 21.8. The van der Waals surface area contributed by atoms with Crippen molar-refractivity contribution in [1.82, 2.24) is 0 Å². The molecule has 5 heteroatoms. The second kappa shape index (κ2) is 8.20. The highest BCUT2D eigenvalue weighted by atomic mass is 31.1. The van der Waals surface area contributed by atoms with Gasteiger partial charge in [-0.25, -0.2) is 0 Å². The number of ether oxygens (including phenoxy) is 1. The van der Waals surface area contributed by atoms with E-state index in [-0.39, 0.29) is 6.61 Å². The van der Waals surface area contributed by atoms with E-state index >= 15 is 0 Å². The Kier molecular flexibility index (Phi) is 6.88. The van der Waals surface area contributed by atoms with Gasteiger partial charge in [0.15, 0.2) is 0 Å². The van der Waals surface area contributed by atoms with Gasteiger partial charge in [-0.1, -0.05) is 25.5 Å². The van der Waals surface area contributed by atoms with E-state index < -0.39 is 13.9 Å². The van der Waals surface area contributed by atoms with Crippen molar-refractivity contribution in [3.05, 3.63) is 29.8 Å². The Hall–Kier alpha value is -0.960. The molecule has 0 heterocycles. The Bertz CT molecular complexity index is 362. The summed E-state index contributed by atoms with van der Waals surface area (Å²) in [4.78, 5) is 0. The Morgan fingerprint density at radius 2 is 2.00 bits per heavy atom. The highest BCUT2D eigenvalue weighted by Gasteiger charge is 2.25. The molecule has 0 saturated carbocycles. The quantitative estimate of drug-likeness (QED) is 0.581. The summed E-state index contributed by atoms with van der Waals surface area (Å²) in [5, 5.41) is 9.03. The molecule has 0 saturated heterocycles. The van der Waals surface area contributed by atoms with Crippen LogP contribution in [0.3, 0.4) is 0 Å². The number of unbranched alkanes of at least 4 members (excludes halogenated alkanes) is 1. The predicted octanol–water partition coefficient (Wildman–Crippen LogP) is 3.46. The van der Waals surface area contributed by atoms with Crippen molar-refractivity contribution >= 4 is 8.03 Å². The zero-order valence-electron chi connectivity index (χ0n) is 10.8. The molecule has 0 spiro atoms. The van der Waals surface area contributed by atoms with Crippen molar-refractivity contribution in [2.45, 2.75) is 39.1 Å². The highest BCUT2D eigenvalue weighted by molar-refractivity contribution is 7.39. The predicted molar refractivity (Wildman–Crippen MR) is 70.9 cm³/mol. The van der Waals surface area contributed by atoms with E-state index in [0.29, 0.717) is 0 Å². The third-order valence-electron chi connectivity index (χ3n) is 2.35. The van der Waals surface area contributed by atoms with E-state index in [4.69, 9.17) is 14.4 Å². The highest BCUT2D eigenvalue weighted by Crippen LogP contribution is 2.28. The summed E-state index contributed by atoms with van der Waals surface area (Å²) in [6.07, 6.45) is 2.15. The molecular formula is C13H20O4P+. The second-order valence-electron chi connectivity index (χ2n) is 4.04. The van der Waals surface area contributed by atoms with Gasteiger partial charge in [-0.3, -0.25) is 0 Å². The standard InChI is InChI=1S/C13H20O4P/c1-3-4-9-16-13-7-5-12(6-8-13)10-17-18(15)11(2)14/h5-8,11,14H,3-4,9-10H2,1-2H3/q+1. The van der Waals surface area contributed by atoms with Gasteiger partial charge in [-0.2, -0.15) is 0 Å². The van der Waals surface area contributed by atoms with Gasteiger partial charge in [0.2, 0.25) is 0 Å². The molecule has 1 N–H and O–H groups in total. The maximum atomic E-state index is 11.2. The van der Waals surface area contributed by atoms with Crippen LogP contribution in [0.15, 0.2) is 24.3 Å². The lowest BCUT2D eigenvalue weighted by Crippen LogP contribution is -1.97. The molecule has 0 aliphatic heterocycles. The van der Waals surface area contributed by atoms with Crippen molar-refractivity contribution < 1.29 is 18.9 Å². The van der Waals surface area contributed by atoms with E-state index in [1.54, 1.807) is 0 Å². The molecule has 4 nitrogen and oxygen atoms in total. The molecule has 0 amide bonds. The number of aliphatic hydroxyl groups is 1. The van der Waals surface area contributed by atoms with Crippen LogP contribution in [0.2, 0.25) is 0 Å². The normalized spacial score (nSPS) is 13.2. The average molecular weight is 271 g/mol. The Balaban J connectivity index is 2.38. The van der Waals surface area contributed by atoms with Crippen LogP contribution in [0, 0.1) is 0 Å². The van der Waals surface area contributed by atoms with E-state index in [1.165, 1.54) is 6.92 Å². The first-order valence-electron chi connectivity index (χ1n) is 6.12. The number of rotatable bonds is 8. The fourth-order valence-corrected chi connectivity index (χ4v) is 1.75. The summed E-state index contributed by atoms with van der Waals surface area (Å²) in [7, 11) is -2.01. The van der Waals surface area contributed by atoms with Crippen LogP contribution in [0.25, 0.3) is 0 Å². The first-order chi connectivity index (χ1) is 8.63. The van der Waals surface area contributed by atoms with E-state index in [9.17, 15) is 4.57 Å². The van der Waals surface area contributed by atoms with Crippen molar-refractivity contribution in [3.8, 4) is 5.75 Å². The van der Waals surface area contributed by atoms with E-state index in [2.05, 4.69) is 6.92 Å². The van der Waals surface area contributed by atoms with Gasteiger partial charge in [-0.05, 0) is 28.7 Å². The molecule has 1 aromatic carbocycles. The molecule has 0 bridgehead atoms. The van der Waals surface area contributed by atoms with Gasteiger partial charge in [-0.15, -0.1) is 4.52 Å². The van der Waals surface area contributed by atoms with Crippen molar-refractivity contribution in [2.24, 2.45) is 0 Å². The minimum Gasteiger partial charge on any atom is -0.494 e. The van der Waals surface area contributed by atoms with Crippen LogP contribution >= 0.6 is 8.03 Å². The molecule has 0 radical (unpaired) electrons. The van der Waals surface area contributed by atoms with Crippen molar-refractivity contribution in [2.75, 3.05) is 6.61 Å². The second-order valence-corrected chi connectivity index (χ2v) is 5.61. The summed E-state index contributed by atoms with van der Waals surface area (Å²) in [5.74, 6) is -0.108. The molecule has 0 aliphatic carbocycles. The monoisotopic (exact) mass is 271 g/mol. The molecule has 0 aliphatic rings. The zero-order chi connectivity index (χ0) is 13.4. The van der Waals surface area contributed by atoms with Crippen LogP contribution in [0.5, 0.6) is 5.75 Å².